The van der Waals surface area contributed by atoms with Crippen LogP contribution in [0.15, 0.2) is 48.0 Å². The fourth-order valence-corrected chi connectivity index (χ4v) is 3.36. The van der Waals surface area contributed by atoms with Crippen molar-refractivity contribution in [2.45, 2.75) is 20.0 Å². The summed E-state index contributed by atoms with van der Waals surface area (Å²) >= 11 is 7.17. The summed E-state index contributed by atoms with van der Waals surface area (Å²) in [7, 11) is 1.52. The van der Waals surface area contributed by atoms with Crippen LogP contribution < -0.4 is 14.8 Å². The van der Waals surface area contributed by atoms with E-state index in [0.29, 0.717) is 33.8 Å². The number of nitrogens with one attached hydrogen (secondary N) is 1. The third-order valence-electron chi connectivity index (χ3n) is 4.16. The van der Waals surface area contributed by atoms with Gasteiger partial charge in [0.05, 0.1) is 7.11 Å². The molecular formula is C22H19ClN4O3S. The Morgan fingerprint density at radius 1 is 1.23 bits per heavy atom. The Kier molecular flexibility index (Phi) is 7.60. The zero-order valence-corrected chi connectivity index (χ0v) is 18.5. The normalized spacial score (nSPS) is 11.0. The van der Waals surface area contributed by atoms with Gasteiger partial charge in [-0.3, -0.25) is 10.1 Å². The summed E-state index contributed by atoms with van der Waals surface area (Å²) in [5.41, 5.74) is 1.51. The smallest absolute Gasteiger partial charge is 0.268 e. The number of hydrogen-bond acceptors (Lipinski definition) is 7. The van der Waals surface area contributed by atoms with Crippen molar-refractivity contribution in [3.8, 4) is 17.6 Å². The number of aromatic nitrogens is 2. The molecule has 0 saturated carbocycles. The number of aryl methyl sites for hydroxylation is 1. The van der Waals surface area contributed by atoms with Crippen LogP contribution in [0.5, 0.6) is 11.5 Å². The van der Waals surface area contributed by atoms with Crippen LogP contribution in [0.3, 0.4) is 0 Å². The number of halogens is 1. The van der Waals surface area contributed by atoms with E-state index in [4.69, 9.17) is 21.1 Å². The first-order chi connectivity index (χ1) is 15.0. The molecular weight excluding hydrogens is 436 g/mol. The maximum Gasteiger partial charge on any atom is 0.268 e. The van der Waals surface area contributed by atoms with Crippen molar-refractivity contribution in [1.82, 2.24) is 10.2 Å². The number of amides is 1. The number of hydrogen-bond donors (Lipinski definition) is 1. The fraction of sp³-hybridized carbons (Fsp3) is 0.182. The molecule has 0 bridgehead atoms. The van der Waals surface area contributed by atoms with Crippen LogP contribution in [0.2, 0.25) is 5.02 Å². The average molecular weight is 455 g/mol. The van der Waals surface area contributed by atoms with Crippen LogP contribution in [-0.4, -0.2) is 23.2 Å². The Morgan fingerprint density at radius 2 is 2.00 bits per heavy atom. The SMILES string of the molecule is CCc1nnc(NC(=O)C(C#N)=Cc2ccc(OCc3ccc(Cl)cc3)c(OC)c2)s1. The van der Waals surface area contributed by atoms with E-state index >= 15 is 0 Å². The molecule has 1 amide bonds. The van der Waals surface area contributed by atoms with E-state index in [1.807, 2.05) is 25.1 Å². The predicted octanol–water partition coefficient (Wildman–Crippen LogP) is 4.89. The quantitative estimate of drug-likeness (QED) is 0.384. The first kappa shape index (κ1) is 22.3. The maximum atomic E-state index is 12.4. The Morgan fingerprint density at radius 3 is 2.65 bits per heavy atom. The van der Waals surface area contributed by atoms with Crippen molar-refractivity contribution in [2.75, 3.05) is 12.4 Å². The Hall–Kier alpha value is -3.41. The molecule has 158 valence electrons. The molecule has 31 heavy (non-hydrogen) atoms. The molecule has 9 heteroatoms. The molecule has 3 aromatic rings. The highest BCUT2D eigenvalue weighted by Gasteiger charge is 2.13. The van der Waals surface area contributed by atoms with Gasteiger partial charge in [-0.15, -0.1) is 10.2 Å². The number of ether oxygens (including phenoxy) is 2. The van der Waals surface area contributed by atoms with Crippen LogP contribution in [-0.2, 0) is 17.8 Å². The second kappa shape index (κ2) is 10.6. The second-order valence-corrected chi connectivity index (χ2v) is 7.80. The highest BCUT2D eigenvalue weighted by molar-refractivity contribution is 7.15. The first-order valence-corrected chi connectivity index (χ1v) is 10.5. The van der Waals surface area contributed by atoms with E-state index in [1.54, 1.807) is 30.3 Å². The monoisotopic (exact) mass is 454 g/mol. The number of methoxy groups -OCH3 is 1. The summed E-state index contributed by atoms with van der Waals surface area (Å²) in [5.74, 6) is 0.471. The zero-order valence-electron chi connectivity index (χ0n) is 16.9. The third-order valence-corrected chi connectivity index (χ3v) is 5.40. The second-order valence-electron chi connectivity index (χ2n) is 6.30. The highest BCUT2D eigenvalue weighted by Crippen LogP contribution is 2.30. The minimum atomic E-state index is -0.552. The first-order valence-electron chi connectivity index (χ1n) is 9.33. The van der Waals surface area contributed by atoms with Crippen molar-refractivity contribution < 1.29 is 14.3 Å². The Labute approximate surface area is 188 Å². The van der Waals surface area contributed by atoms with Gasteiger partial charge in [0.15, 0.2) is 11.5 Å². The predicted molar refractivity (Wildman–Crippen MR) is 120 cm³/mol. The van der Waals surface area contributed by atoms with E-state index in [2.05, 4.69) is 15.5 Å². The molecule has 2 aromatic carbocycles. The molecule has 1 N–H and O–H groups in total. The number of nitrogens with zero attached hydrogens (tertiary/aromatic N) is 3. The summed E-state index contributed by atoms with van der Waals surface area (Å²) in [6.45, 7) is 2.29. The number of carbonyl (C=O) groups is 1. The summed E-state index contributed by atoms with van der Waals surface area (Å²) in [5, 5.41) is 21.7. The van der Waals surface area contributed by atoms with E-state index in [0.717, 1.165) is 17.0 Å². The van der Waals surface area contributed by atoms with Crippen LogP contribution in [0.4, 0.5) is 5.13 Å². The summed E-state index contributed by atoms with van der Waals surface area (Å²) < 4.78 is 11.2. The van der Waals surface area contributed by atoms with Gasteiger partial charge in [-0.2, -0.15) is 5.26 Å². The maximum absolute atomic E-state index is 12.4. The molecule has 0 aliphatic rings. The molecule has 1 heterocycles. The molecule has 0 spiro atoms. The standard InChI is InChI=1S/C22H19ClN4O3S/c1-3-20-26-27-22(31-20)25-21(28)16(12-24)10-15-6-9-18(19(11-15)29-2)30-13-14-4-7-17(23)8-5-14/h4-11H,3,13H2,1-2H3,(H,25,27,28). The Bertz CT molecular complexity index is 1140. The van der Waals surface area contributed by atoms with Gasteiger partial charge in [0.25, 0.3) is 5.91 Å². The lowest BCUT2D eigenvalue weighted by molar-refractivity contribution is -0.112. The number of rotatable bonds is 8. The van der Waals surface area contributed by atoms with Crippen molar-refractivity contribution in [2.24, 2.45) is 0 Å². The van der Waals surface area contributed by atoms with Crippen LogP contribution in [0, 0.1) is 11.3 Å². The lowest BCUT2D eigenvalue weighted by Gasteiger charge is -2.11. The summed E-state index contributed by atoms with van der Waals surface area (Å²) in [6.07, 6.45) is 2.20. The van der Waals surface area contributed by atoms with E-state index in [-0.39, 0.29) is 5.57 Å². The van der Waals surface area contributed by atoms with Crippen LogP contribution in [0.25, 0.3) is 6.08 Å². The number of benzene rings is 2. The molecule has 0 aliphatic heterocycles. The topological polar surface area (TPSA) is 97.1 Å². The summed E-state index contributed by atoms with van der Waals surface area (Å²) in [6, 6.07) is 14.4. The number of carbonyl (C=O) groups excluding carboxylic acids is 1. The molecule has 0 unspecified atom stereocenters. The van der Waals surface area contributed by atoms with Gasteiger partial charge in [-0.1, -0.05) is 48.1 Å². The van der Waals surface area contributed by atoms with Crippen LogP contribution in [0.1, 0.15) is 23.1 Å². The van der Waals surface area contributed by atoms with E-state index in [1.165, 1.54) is 24.5 Å². The van der Waals surface area contributed by atoms with Crippen molar-refractivity contribution in [3.05, 3.63) is 69.2 Å². The lowest BCUT2D eigenvalue weighted by Crippen LogP contribution is -2.13. The van der Waals surface area contributed by atoms with Gasteiger partial charge in [0.2, 0.25) is 5.13 Å². The zero-order chi connectivity index (χ0) is 22.2. The van der Waals surface area contributed by atoms with Gasteiger partial charge >= 0.3 is 0 Å². The van der Waals surface area contributed by atoms with Crippen molar-refractivity contribution >= 4 is 40.1 Å². The van der Waals surface area contributed by atoms with Crippen molar-refractivity contribution in [1.29, 1.82) is 5.26 Å². The molecule has 0 fully saturated rings. The van der Waals surface area contributed by atoms with Crippen LogP contribution >= 0.6 is 22.9 Å². The average Bonchev–Trinajstić information content (AvgIpc) is 3.24. The van der Waals surface area contributed by atoms with Gasteiger partial charge in [-0.25, -0.2) is 0 Å². The lowest BCUT2D eigenvalue weighted by atomic mass is 10.1. The molecule has 0 radical (unpaired) electrons. The third kappa shape index (κ3) is 6.04. The Balaban J connectivity index is 1.73. The molecule has 7 nitrogen and oxygen atoms in total. The van der Waals surface area contributed by atoms with Gasteiger partial charge in [-0.05, 0) is 47.9 Å². The van der Waals surface area contributed by atoms with Crippen molar-refractivity contribution in [3.63, 3.8) is 0 Å². The molecule has 1 aromatic heterocycles. The van der Waals surface area contributed by atoms with Gasteiger partial charge in [0, 0.05) is 5.02 Å². The number of anilines is 1. The molecule has 0 saturated heterocycles. The molecule has 0 atom stereocenters. The van der Waals surface area contributed by atoms with E-state index in [9.17, 15) is 10.1 Å². The minimum absolute atomic E-state index is 0.0647. The molecule has 3 rings (SSSR count). The summed E-state index contributed by atoms with van der Waals surface area (Å²) in [4.78, 5) is 12.4. The van der Waals surface area contributed by atoms with E-state index < -0.39 is 5.91 Å². The van der Waals surface area contributed by atoms with Gasteiger partial charge in [0.1, 0.15) is 23.3 Å². The number of nitriles is 1. The minimum Gasteiger partial charge on any atom is -0.493 e. The highest BCUT2D eigenvalue weighted by atomic mass is 35.5. The largest absolute Gasteiger partial charge is 0.493 e. The van der Waals surface area contributed by atoms with Gasteiger partial charge < -0.3 is 9.47 Å². The fourth-order valence-electron chi connectivity index (χ4n) is 2.56. The molecule has 0 aliphatic carbocycles.